The zero-order valence-electron chi connectivity index (χ0n) is 17.8. The predicted molar refractivity (Wildman–Crippen MR) is 129 cm³/mol. The second-order valence-corrected chi connectivity index (χ2v) is 11.6. The number of nitrogens with zero attached hydrogens (tertiary/aromatic N) is 2. The molecule has 1 atom stereocenters. The second-order valence-electron chi connectivity index (χ2n) is 7.98. The third-order valence-corrected chi connectivity index (χ3v) is 8.59. The van der Waals surface area contributed by atoms with Crippen molar-refractivity contribution in [3.05, 3.63) is 58.6 Å². The number of amides is 1. The van der Waals surface area contributed by atoms with Crippen molar-refractivity contribution in [1.82, 2.24) is 4.98 Å². The molecular formula is C23H25ClN2O4S2. The molecule has 6 nitrogen and oxygen atoms in total. The van der Waals surface area contributed by atoms with Crippen molar-refractivity contribution in [3.8, 4) is 0 Å². The van der Waals surface area contributed by atoms with Crippen LogP contribution in [-0.4, -0.2) is 44.3 Å². The molecule has 0 aliphatic carbocycles. The maximum Gasteiger partial charge on any atom is 0.229 e. The van der Waals surface area contributed by atoms with Gasteiger partial charge in [-0.1, -0.05) is 53.3 Å². The standard InChI is InChI=1S/C23H25ClN2O4S2/c1-16-19(24)9-10-20-22(16)25-23(31-20)26(14-18-8-5-12-30-18)21(27)11-13-32(28,29)15-17-6-3-2-4-7-17/h2-4,6-7,9-10,18H,5,8,11-15H2,1H3. The fourth-order valence-corrected chi connectivity index (χ4v) is 6.30. The van der Waals surface area contributed by atoms with Crippen LogP contribution in [0.15, 0.2) is 42.5 Å². The Morgan fingerprint density at radius 1 is 1.25 bits per heavy atom. The first-order valence-electron chi connectivity index (χ1n) is 10.5. The molecule has 3 aromatic rings. The third kappa shape index (κ3) is 5.49. The molecule has 1 aromatic heterocycles. The molecule has 1 fully saturated rings. The molecule has 1 aliphatic heterocycles. The molecule has 0 bridgehead atoms. The Kier molecular flexibility index (Phi) is 7.14. The number of rotatable bonds is 8. The van der Waals surface area contributed by atoms with Crippen molar-refractivity contribution in [3.63, 3.8) is 0 Å². The van der Waals surface area contributed by atoms with Crippen LogP contribution in [0.3, 0.4) is 0 Å². The van der Waals surface area contributed by atoms with Crippen molar-refractivity contribution >= 4 is 54.0 Å². The molecule has 9 heteroatoms. The van der Waals surface area contributed by atoms with Crippen LogP contribution in [0, 0.1) is 6.92 Å². The van der Waals surface area contributed by atoms with Crippen molar-refractivity contribution in [1.29, 1.82) is 0 Å². The van der Waals surface area contributed by atoms with E-state index in [1.54, 1.807) is 29.2 Å². The van der Waals surface area contributed by atoms with E-state index < -0.39 is 9.84 Å². The highest BCUT2D eigenvalue weighted by molar-refractivity contribution is 7.90. The summed E-state index contributed by atoms with van der Waals surface area (Å²) in [4.78, 5) is 19.5. The van der Waals surface area contributed by atoms with Crippen LogP contribution < -0.4 is 4.90 Å². The molecular weight excluding hydrogens is 468 g/mol. The number of carbonyl (C=O) groups is 1. The van der Waals surface area contributed by atoms with Gasteiger partial charge < -0.3 is 4.74 Å². The van der Waals surface area contributed by atoms with Crippen molar-refractivity contribution in [2.24, 2.45) is 0 Å². The fraction of sp³-hybridized carbons (Fsp3) is 0.391. The first kappa shape index (κ1) is 23.2. The molecule has 0 radical (unpaired) electrons. The number of aryl methyl sites for hydroxylation is 1. The lowest BCUT2D eigenvalue weighted by molar-refractivity contribution is -0.118. The summed E-state index contributed by atoms with van der Waals surface area (Å²) in [5, 5.41) is 1.17. The summed E-state index contributed by atoms with van der Waals surface area (Å²) < 4.78 is 31.9. The lowest BCUT2D eigenvalue weighted by atomic mass is 10.2. The van der Waals surface area contributed by atoms with Gasteiger partial charge in [0, 0.05) is 18.1 Å². The van der Waals surface area contributed by atoms with Gasteiger partial charge in [0.2, 0.25) is 5.91 Å². The molecule has 1 amide bonds. The van der Waals surface area contributed by atoms with E-state index >= 15 is 0 Å². The summed E-state index contributed by atoms with van der Waals surface area (Å²) in [5.41, 5.74) is 2.34. The number of thiazole rings is 1. The maximum absolute atomic E-state index is 13.2. The summed E-state index contributed by atoms with van der Waals surface area (Å²) >= 11 is 7.65. The van der Waals surface area contributed by atoms with E-state index in [2.05, 4.69) is 4.98 Å². The SMILES string of the molecule is Cc1c(Cl)ccc2sc(N(CC3CCCO3)C(=O)CCS(=O)(=O)Cc3ccccc3)nc12. The fourth-order valence-electron chi connectivity index (χ4n) is 3.76. The maximum atomic E-state index is 13.2. The van der Waals surface area contributed by atoms with E-state index in [1.807, 2.05) is 25.1 Å². The smallest absolute Gasteiger partial charge is 0.229 e. The number of carbonyl (C=O) groups excluding carboxylic acids is 1. The highest BCUT2D eigenvalue weighted by Gasteiger charge is 2.27. The second kappa shape index (κ2) is 9.87. The first-order valence-corrected chi connectivity index (χ1v) is 13.6. The van der Waals surface area contributed by atoms with Gasteiger partial charge in [-0.3, -0.25) is 9.69 Å². The number of benzene rings is 2. The van der Waals surface area contributed by atoms with Crippen LogP contribution in [-0.2, 0) is 25.1 Å². The van der Waals surface area contributed by atoms with Gasteiger partial charge in [-0.15, -0.1) is 0 Å². The number of hydrogen-bond donors (Lipinski definition) is 0. The van der Waals surface area contributed by atoms with Gasteiger partial charge in [0.25, 0.3) is 0 Å². The Morgan fingerprint density at radius 2 is 2.03 bits per heavy atom. The molecule has 0 N–H and O–H groups in total. The van der Waals surface area contributed by atoms with Gasteiger partial charge in [-0.25, -0.2) is 13.4 Å². The first-order chi connectivity index (χ1) is 15.3. The van der Waals surface area contributed by atoms with Crippen LogP contribution in [0.1, 0.15) is 30.4 Å². The summed E-state index contributed by atoms with van der Waals surface area (Å²) in [6.07, 6.45) is 1.65. The monoisotopic (exact) mass is 492 g/mol. The number of sulfone groups is 1. The zero-order valence-corrected chi connectivity index (χ0v) is 20.2. The Labute approximate surface area is 197 Å². The van der Waals surface area contributed by atoms with E-state index in [1.165, 1.54) is 11.3 Å². The minimum absolute atomic E-state index is 0.0726. The summed E-state index contributed by atoms with van der Waals surface area (Å²) in [5.74, 6) is -0.551. The summed E-state index contributed by atoms with van der Waals surface area (Å²) in [7, 11) is -3.42. The van der Waals surface area contributed by atoms with Crippen LogP contribution in [0.25, 0.3) is 10.2 Å². The predicted octanol–water partition coefficient (Wildman–Crippen LogP) is 4.78. The molecule has 4 rings (SSSR count). The van der Waals surface area contributed by atoms with Crippen LogP contribution >= 0.6 is 22.9 Å². The quantitative estimate of drug-likeness (QED) is 0.452. The summed E-state index contributed by atoms with van der Waals surface area (Å²) in [6, 6.07) is 12.7. The molecule has 1 unspecified atom stereocenters. The number of ether oxygens (including phenoxy) is 1. The molecule has 2 aromatic carbocycles. The summed E-state index contributed by atoms with van der Waals surface area (Å²) in [6.45, 7) is 2.94. The van der Waals surface area contributed by atoms with Crippen molar-refractivity contribution in [2.75, 3.05) is 23.8 Å². The Morgan fingerprint density at radius 3 is 2.75 bits per heavy atom. The van der Waals surface area contributed by atoms with E-state index in [4.69, 9.17) is 16.3 Å². The average molecular weight is 493 g/mol. The van der Waals surface area contributed by atoms with Crippen molar-refractivity contribution < 1.29 is 17.9 Å². The highest BCUT2D eigenvalue weighted by Crippen LogP contribution is 2.34. The van der Waals surface area contributed by atoms with Gasteiger partial charge in [-0.2, -0.15) is 0 Å². The third-order valence-electron chi connectivity index (χ3n) is 5.54. The molecule has 2 heterocycles. The number of halogens is 1. The Bertz CT molecular complexity index is 1210. The minimum Gasteiger partial charge on any atom is -0.376 e. The van der Waals surface area contributed by atoms with Gasteiger partial charge in [0.1, 0.15) is 0 Å². The van der Waals surface area contributed by atoms with Gasteiger partial charge in [0.05, 0.1) is 34.4 Å². The van der Waals surface area contributed by atoms with Gasteiger partial charge >= 0.3 is 0 Å². The molecule has 0 spiro atoms. The van der Waals surface area contributed by atoms with Crippen LogP contribution in [0.2, 0.25) is 5.02 Å². The normalized spacial score (nSPS) is 16.5. The average Bonchev–Trinajstić information content (AvgIpc) is 3.43. The molecule has 170 valence electrons. The number of aromatic nitrogens is 1. The highest BCUT2D eigenvalue weighted by atomic mass is 35.5. The Hall–Kier alpha value is -2.00. The van der Waals surface area contributed by atoms with E-state index in [-0.39, 0.29) is 29.9 Å². The number of hydrogen-bond acceptors (Lipinski definition) is 6. The molecule has 1 aliphatic rings. The Balaban J connectivity index is 1.53. The van der Waals surface area contributed by atoms with Crippen LogP contribution in [0.5, 0.6) is 0 Å². The molecule has 1 saturated heterocycles. The largest absolute Gasteiger partial charge is 0.376 e. The van der Waals surface area contributed by atoms with Gasteiger partial charge in [-0.05, 0) is 43.0 Å². The van der Waals surface area contributed by atoms with E-state index in [0.717, 1.165) is 34.2 Å². The van der Waals surface area contributed by atoms with Crippen molar-refractivity contribution in [2.45, 2.75) is 38.0 Å². The van der Waals surface area contributed by atoms with E-state index in [0.29, 0.717) is 23.3 Å². The number of fused-ring (bicyclic) bond motifs is 1. The lowest BCUT2D eigenvalue weighted by Gasteiger charge is -2.23. The molecule has 32 heavy (non-hydrogen) atoms. The zero-order chi connectivity index (χ0) is 22.7. The van der Waals surface area contributed by atoms with E-state index in [9.17, 15) is 13.2 Å². The lowest BCUT2D eigenvalue weighted by Crippen LogP contribution is -2.38. The number of anilines is 1. The van der Waals surface area contributed by atoms with Gasteiger partial charge in [0.15, 0.2) is 15.0 Å². The topological polar surface area (TPSA) is 76.6 Å². The van der Waals surface area contributed by atoms with Crippen LogP contribution in [0.4, 0.5) is 5.13 Å². The molecule has 0 saturated carbocycles. The minimum atomic E-state index is -3.42.